The Morgan fingerprint density at radius 3 is 1.03 bits per heavy atom. The zero-order valence-electron chi connectivity index (χ0n) is 17.4. The molecule has 3 rings (SSSR count). The molecule has 0 bridgehead atoms. The Balaban J connectivity index is 1.84. The van der Waals surface area contributed by atoms with E-state index >= 15 is 0 Å². The van der Waals surface area contributed by atoms with Crippen LogP contribution in [-0.4, -0.2) is 27.4 Å². The van der Waals surface area contributed by atoms with Crippen molar-refractivity contribution in [2.75, 3.05) is 0 Å². The van der Waals surface area contributed by atoms with Crippen molar-refractivity contribution in [2.45, 2.75) is 20.8 Å². The molecular formula is C24H21O6Si. The van der Waals surface area contributed by atoms with Gasteiger partial charge in [-0.05, 0) is 55.7 Å². The van der Waals surface area contributed by atoms with Crippen LogP contribution in [0.2, 0.25) is 0 Å². The number of benzene rings is 3. The second-order valence-corrected chi connectivity index (χ2v) is 7.98. The third-order valence-corrected chi connectivity index (χ3v) is 5.68. The molecule has 0 N–H and O–H groups in total. The van der Waals surface area contributed by atoms with E-state index in [9.17, 15) is 14.4 Å². The Morgan fingerprint density at radius 1 is 0.516 bits per heavy atom. The molecule has 0 spiro atoms. The molecule has 0 heterocycles. The Kier molecular flexibility index (Phi) is 6.99. The summed E-state index contributed by atoms with van der Waals surface area (Å²) in [6.45, 7) is 5.26. The summed E-state index contributed by atoms with van der Waals surface area (Å²) >= 11 is 0. The average molecular weight is 434 g/mol. The zero-order chi connectivity index (χ0) is 22.4. The topological polar surface area (TPSA) is 78.9 Å². The summed E-state index contributed by atoms with van der Waals surface area (Å²) < 4.78 is 16.1. The highest BCUT2D eigenvalue weighted by molar-refractivity contribution is 6.45. The summed E-state index contributed by atoms with van der Waals surface area (Å²) in [5, 5.41) is 0. The van der Waals surface area contributed by atoms with Crippen molar-refractivity contribution in [2.24, 2.45) is 0 Å². The summed E-state index contributed by atoms with van der Waals surface area (Å²) in [5.41, 5.74) is 2.94. The molecule has 7 heteroatoms. The smallest absolute Gasteiger partial charge is 0.447 e. The summed E-state index contributed by atoms with van der Waals surface area (Å²) in [6.07, 6.45) is 0. The minimum Gasteiger partial charge on any atom is -0.447 e. The van der Waals surface area contributed by atoms with Crippen molar-refractivity contribution in [3.63, 3.8) is 0 Å². The first kappa shape index (κ1) is 22.0. The fraction of sp³-hybridized carbons (Fsp3) is 0.125. The van der Waals surface area contributed by atoms with E-state index < -0.39 is 27.4 Å². The van der Waals surface area contributed by atoms with Gasteiger partial charge in [0, 0.05) is 0 Å². The Hall–Kier alpha value is -3.71. The average Bonchev–Trinajstić information content (AvgIpc) is 2.74. The molecule has 31 heavy (non-hydrogen) atoms. The predicted octanol–water partition coefficient (Wildman–Crippen LogP) is 4.47. The minimum absolute atomic E-state index is 0.295. The maximum Gasteiger partial charge on any atom is 0.824 e. The molecule has 0 amide bonds. The van der Waals surface area contributed by atoms with Gasteiger partial charge in [-0.1, -0.05) is 54.6 Å². The van der Waals surface area contributed by atoms with Gasteiger partial charge in [0.15, 0.2) is 0 Å². The molecule has 0 atom stereocenters. The summed E-state index contributed by atoms with van der Waals surface area (Å²) in [6, 6.07) is 20.4. The third kappa shape index (κ3) is 5.46. The van der Waals surface area contributed by atoms with Crippen molar-refractivity contribution in [1.29, 1.82) is 0 Å². The largest absolute Gasteiger partial charge is 0.824 e. The molecule has 0 saturated carbocycles. The molecule has 157 valence electrons. The highest BCUT2D eigenvalue weighted by Crippen LogP contribution is 2.15. The molecule has 0 aromatic heterocycles. The van der Waals surface area contributed by atoms with Gasteiger partial charge in [0.1, 0.15) is 0 Å². The molecule has 3 aromatic carbocycles. The van der Waals surface area contributed by atoms with Crippen LogP contribution in [0.25, 0.3) is 0 Å². The number of carbonyl (C=O) groups is 3. The molecule has 0 unspecified atom stereocenters. The molecule has 0 aliphatic carbocycles. The Bertz CT molecular complexity index is 983. The lowest BCUT2D eigenvalue weighted by molar-refractivity contribution is 0.0409. The van der Waals surface area contributed by atoms with Crippen molar-refractivity contribution in [1.82, 2.24) is 0 Å². The van der Waals surface area contributed by atoms with E-state index in [0.29, 0.717) is 33.4 Å². The van der Waals surface area contributed by atoms with Crippen LogP contribution in [0.15, 0.2) is 72.8 Å². The van der Waals surface area contributed by atoms with Crippen molar-refractivity contribution >= 4 is 27.4 Å². The van der Waals surface area contributed by atoms with Crippen LogP contribution in [0.1, 0.15) is 47.8 Å². The lowest BCUT2D eigenvalue weighted by Crippen LogP contribution is -2.35. The highest BCUT2D eigenvalue weighted by Gasteiger charge is 2.37. The predicted molar refractivity (Wildman–Crippen MR) is 116 cm³/mol. The Labute approximate surface area is 182 Å². The summed E-state index contributed by atoms with van der Waals surface area (Å²) in [4.78, 5) is 38.0. The quantitative estimate of drug-likeness (QED) is 0.534. The van der Waals surface area contributed by atoms with Gasteiger partial charge in [-0.25, -0.2) is 14.4 Å². The van der Waals surface area contributed by atoms with Gasteiger partial charge in [-0.15, -0.1) is 0 Å². The van der Waals surface area contributed by atoms with E-state index in [0.717, 1.165) is 0 Å². The number of rotatable bonds is 6. The van der Waals surface area contributed by atoms with Crippen LogP contribution in [0, 0.1) is 20.8 Å². The van der Waals surface area contributed by atoms with E-state index in [-0.39, 0.29) is 0 Å². The van der Waals surface area contributed by atoms with E-state index in [2.05, 4.69) is 0 Å². The maximum atomic E-state index is 12.7. The first-order valence-electron chi connectivity index (χ1n) is 9.57. The molecule has 0 fully saturated rings. The number of hydrogen-bond acceptors (Lipinski definition) is 6. The second kappa shape index (κ2) is 9.86. The monoisotopic (exact) mass is 433 g/mol. The van der Waals surface area contributed by atoms with E-state index in [1.54, 1.807) is 93.6 Å². The molecule has 0 aliphatic rings. The third-order valence-electron chi connectivity index (χ3n) is 4.62. The van der Waals surface area contributed by atoms with Gasteiger partial charge in [0.05, 0.1) is 16.7 Å². The van der Waals surface area contributed by atoms with Crippen LogP contribution in [0.3, 0.4) is 0 Å². The summed E-state index contributed by atoms with van der Waals surface area (Å²) in [5.74, 6) is -2.20. The highest BCUT2D eigenvalue weighted by atomic mass is 28.3. The van der Waals surface area contributed by atoms with E-state index in [1.165, 1.54) is 0 Å². The molecular weight excluding hydrogens is 412 g/mol. The Morgan fingerprint density at radius 2 is 0.774 bits per heavy atom. The van der Waals surface area contributed by atoms with Crippen LogP contribution in [0.5, 0.6) is 0 Å². The fourth-order valence-corrected chi connectivity index (χ4v) is 3.77. The van der Waals surface area contributed by atoms with Gasteiger partial charge in [0.25, 0.3) is 0 Å². The van der Waals surface area contributed by atoms with Gasteiger partial charge in [0.2, 0.25) is 0 Å². The van der Waals surface area contributed by atoms with Crippen LogP contribution >= 0.6 is 0 Å². The first-order chi connectivity index (χ1) is 14.9. The molecule has 0 saturated heterocycles. The van der Waals surface area contributed by atoms with Crippen molar-refractivity contribution in [3.8, 4) is 0 Å². The SMILES string of the molecule is Cc1ccccc1C(=O)O[Si](OC(=O)c1ccccc1C)OC(=O)c1ccccc1C. The molecule has 6 nitrogen and oxygen atoms in total. The van der Waals surface area contributed by atoms with Crippen molar-refractivity contribution in [3.05, 3.63) is 106 Å². The second-order valence-electron chi connectivity index (χ2n) is 6.86. The zero-order valence-corrected chi connectivity index (χ0v) is 18.4. The normalized spacial score (nSPS) is 10.5. The van der Waals surface area contributed by atoms with Crippen molar-refractivity contribution < 1.29 is 27.7 Å². The fourth-order valence-electron chi connectivity index (χ4n) is 2.86. The van der Waals surface area contributed by atoms with Gasteiger partial charge >= 0.3 is 27.4 Å². The maximum absolute atomic E-state index is 12.7. The summed E-state index contributed by atoms with van der Waals surface area (Å²) in [7, 11) is -3.08. The number of hydrogen-bond donors (Lipinski definition) is 0. The lowest BCUT2D eigenvalue weighted by atomic mass is 10.1. The minimum atomic E-state index is -3.08. The van der Waals surface area contributed by atoms with Gasteiger partial charge in [-0.2, -0.15) is 0 Å². The van der Waals surface area contributed by atoms with E-state index in [1.807, 2.05) is 0 Å². The molecule has 3 aromatic rings. The van der Waals surface area contributed by atoms with E-state index in [4.69, 9.17) is 13.3 Å². The van der Waals surface area contributed by atoms with Gasteiger partial charge < -0.3 is 13.3 Å². The van der Waals surface area contributed by atoms with Crippen LogP contribution in [0.4, 0.5) is 0 Å². The lowest BCUT2D eigenvalue weighted by Gasteiger charge is -2.15. The molecule has 0 aliphatic heterocycles. The molecule has 1 radical (unpaired) electrons. The van der Waals surface area contributed by atoms with Crippen LogP contribution < -0.4 is 0 Å². The number of aryl methyl sites for hydroxylation is 3. The van der Waals surface area contributed by atoms with Crippen LogP contribution in [-0.2, 0) is 13.3 Å². The first-order valence-corrected chi connectivity index (χ1v) is 10.8. The number of carbonyl (C=O) groups excluding carboxylic acids is 3. The van der Waals surface area contributed by atoms with Gasteiger partial charge in [-0.3, -0.25) is 0 Å². The standard InChI is InChI=1S/C24H21O6Si/c1-16-10-4-7-13-19(16)22(25)28-31(29-23(26)20-14-8-5-11-17(20)2)30-24(27)21-15-9-6-12-18(21)3/h4-15H,1-3H3.